The number of amides is 1. The van der Waals surface area contributed by atoms with Crippen molar-refractivity contribution in [1.29, 1.82) is 0 Å². The van der Waals surface area contributed by atoms with E-state index in [0.29, 0.717) is 22.7 Å². The lowest BCUT2D eigenvalue weighted by Crippen LogP contribution is -2.32. The Bertz CT molecular complexity index is 756. The van der Waals surface area contributed by atoms with E-state index in [1.807, 2.05) is 0 Å². The summed E-state index contributed by atoms with van der Waals surface area (Å²) in [5.41, 5.74) is -1.05. The fourth-order valence-electron chi connectivity index (χ4n) is 2.68. The van der Waals surface area contributed by atoms with Gasteiger partial charge in [0.15, 0.2) is 5.67 Å². The van der Waals surface area contributed by atoms with Crippen molar-refractivity contribution in [2.45, 2.75) is 12.1 Å². The molecule has 1 N–H and O–H groups in total. The Kier molecular flexibility index (Phi) is 3.74. The molecule has 1 aromatic carbocycles. The van der Waals surface area contributed by atoms with E-state index in [4.69, 9.17) is 11.6 Å². The molecule has 2 heterocycles. The van der Waals surface area contributed by atoms with Crippen molar-refractivity contribution in [1.82, 2.24) is 9.88 Å². The molecule has 1 saturated heterocycles. The van der Waals surface area contributed by atoms with E-state index >= 15 is 4.39 Å². The standard InChI is InChI=1S/C16H14ClFN2O2/c17-13-3-1-2-12(8-13)16(18)6-7-20(10-16)15(22)11-4-5-14(21)19-9-11/h1-5,8-9H,6-7,10H2,(H,19,21)/t16-/m1/s1. The number of benzene rings is 1. The molecule has 1 aliphatic rings. The molecule has 4 nitrogen and oxygen atoms in total. The van der Waals surface area contributed by atoms with Gasteiger partial charge in [0, 0.05) is 30.3 Å². The van der Waals surface area contributed by atoms with Gasteiger partial charge in [-0.2, -0.15) is 0 Å². The number of likely N-dealkylation sites (tertiary alicyclic amines) is 1. The quantitative estimate of drug-likeness (QED) is 0.925. The Balaban J connectivity index is 1.80. The van der Waals surface area contributed by atoms with Gasteiger partial charge >= 0.3 is 0 Å². The summed E-state index contributed by atoms with van der Waals surface area (Å²) in [4.78, 5) is 27.3. The molecule has 0 aliphatic carbocycles. The number of nitrogens with one attached hydrogen (secondary N) is 1. The lowest BCUT2D eigenvalue weighted by Gasteiger charge is -2.21. The number of carbonyl (C=O) groups excluding carboxylic acids is 1. The third kappa shape index (κ3) is 2.76. The van der Waals surface area contributed by atoms with Crippen LogP contribution in [0.5, 0.6) is 0 Å². The van der Waals surface area contributed by atoms with E-state index < -0.39 is 5.67 Å². The number of hydrogen-bond donors (Lipinski definition) is 1. The first-order valence-electron chi connectivity index (χ1n) is 6.91. The molecule has 0 unspecified atom stereocenters. The third-order valence-electron chi connectivity index (χ3n) is 3.88. The van der Waals surface area contributed by atoms with Gasteiger partial charge in [-0.1, -0.05) is 23.7 Å². The fourth-order valence-corrected chi connectivity index (χ4v) is 2.87. The van der Waals surface area contributed by atoms with Crippen molar-refractivity contribution in [3.05, 3.63) is 69.1 Å². The van der Waals surface area contributed by atoms with Gasteiger partial charge in [-0.25, -0.2) is 4.39 Å². The largest absolute Gasteiger partial charge is 0.335 e. The molecule has 6 heteroatoms. The van der Waals surface area contributed by atoms with Gasteiger partial charge in [-0.15, -0.1) is 0 Å². The van der Waals surface area contributed by atoms with E-state index in [-0.39, 0.29) is 24.4 Å². The normalized spacial score (nSPS) is 21.1. The zero-order valence-corrected chi connectivity index (χ0v) is 12.4. The summed E-state index contributed by atoms with van der Waals surface area (Å²) in [6.45, 7) is 0.298. The molecule has 114 valence electrons. The molecular formula is C16H14ClFN2O2. The van der Waals surface area contributed by atoms with Crippen LogP contribution in [0, 0.1) is 0 Å². The highest BCUT2D eigenvalue weighted by Gasteiger charge is 2.42. The number of pyridine rings is 1. The molecule has 0 radical (unpaired) electrons. The zero-order valence-electron chi connectivity index (χ0n) is 11.7. The minimum Gasteiger partial charge on any atom is -0.335 e. The Morgan fingerprint density at radius 3 is 2.82 bits per heavy atom. The molecule has 0 bridgehead atoms. The molecule has 0 spiro atoms. The Labute approximate surface area is 131 Å². The predicted molar refractivity (Wildman–Crippen MR) is 81.8 cm³/mol. The van der Waals surface area contributed by atoms with Crippen LogP contribution in [-0.4, -0.2) is 28.9 Å². The number of rotatable bonds is 2. The first kappa shape index (κ1) is 14.8. The molecule has 22 heavy (non-hydrogen) atoms. The molecule has 0 saturated carbocycles. The smallest absolute Gasteiger partial charge is 0.255 e. The maximum atomic E-state index is 15.1. The molecule has 1 aromatic heterocycles. The zero-order chi connectivity index (χ0) is 15.7. The van der Waals surface area contributed by atoms with E-state index in [9.17, 15) is 9.59 Å². The number of hydrogen-bond acceptors (Lipinski definition) is 2. The second-order valence-electron chi connectivity index (χ2n) is 5.39. The van der Waals surface area contributed by atoms with Crippen molar-refractivity contribution in [3.8, 4) is 0 Å². The van der Waals surface area contributed by atoms with Crippen LogP contribution in [0.3, 0.4) is 0 Å². The van der Waals surface area contributed by atoms with Gasteiger partial charge in [0.2, 0.25) is 5.56 Å². The lowest BCUT2D eigenvalue weighted by atomic mass is 9.95. The van der Waals surface area contributed by atoms with Crippen molar-refractivity contribution >= 4 is 17.5 Å². The third-order valence-corrected chi connectivity index (χ3v) is 4.11. The summed E-state index contributed by atoms with van der Waals surface area (Å²) in [6.07, 6.45) is 1.57. The summed E-state index contributed by atoms with van der Waals surface area (Å²) in [6, 6.07) is 9.38. The van der Waals surface area contributed by atoms with Crippen LogP contribution in [0.15, 0.2) is 47.4 Å². The molecule has 1 amide bonds. The van der Waals surface area contributed by atoms with E-state index in [2.05, 4.69) is 4.98 Å². The number of halogens is 2. The first-order chi connectivity index (χ1) is 10.5. The van der Waals surface area contributed by atoms with Gasteiger partial charge in [0.25, 0.3) is 5.91 Å². The van der Waals surface area contributed by atoms with Crippen LogP contribution in [0.1, 0.15) is 22.3 Å². The van der Waals surface area contributed by atoms with Crippen molar-refractivity contribution < 1.29 is 9.18 Å². The second-order valence-corrected chi connectivity index (χ2v) is 5.83. The first-order valence-corrected chi connectivity index (χ1v) is 7.29. The monoisotopic (exact) mass is 320 g/mol. The van der Waals surface area contributed by atoms with Crippen molar-refractivity contribution in [2.75, 3.05) is 13.1 Å². The lowest BCUT2D eigenvalue weighted by molar-refractivity contribution is 0.0750. The van der Waals surface area contributed by atoms with Crippen LogP contribution in [-0.2, 0) is 5.67 Å². The summed E-state index contributed by atoms with van der Waals surface area (Å²) in [7, 11) is 0. The summed E-state index contributed by atoms with van der Waals surface area (Å²) < 4.78 is 15.1. The van der Waals surface area contributed by atoms with Gasteiger partial charge in [0.1, 0.15) is 0 Å². The molecule has 1 fully saturated rings. The topological polar surface area (TPSA) is 53.2 Å². The van der Waals surface area contributed by atoms with E-state index in [1.54, 1.807) is 24.3 Å². The fraction of sp³-hybridized carbons (Fsp3) is 0.250. The summed E-state index contributed by atoms with van der Waals surface area (Å²) in [5.74, 6) is -0.294. The van der Waals surface area contributed by atoms with Crippen LogP contribution in [0.25, 0.3) is 0 Å². The van der Waals surface area contributed by atoms with Gasteiger partial charge in [0.05, 0.1) is 12.1 Å². The summed E-state index contributed by atoms with van der Waals surface area (Å²) >= 11 is 5.91. The highest BCUT2D eigenvalue weighted by molar-refractivity contribution is 6.30. The average Bonchev–Trinajstić information content (AvgIpc) is 2.91. The molecule has 2 aromatic rings. The predicted octanol–water partition coefficient (Wildman–Crippen LogP) is 2.74. The van der Waals surface area contributed by atoms with Gasteiger partial charge < -0.3 is 9.88 Å². The summed E-state index contributed by atoms with van der Waals surface area (Å²) in [5, 5.41) is 0.472. The van der Waals surface area contributed by atoms with Crippen LogP contribution >= 0.6 is 11.6 Å². The highest BCUT2D eigenvalue weighted by Crippen LogP contribution is 2.37. The average molecular weight is 321 g/mol. The number of aromatic nitrogens is 1. The maximum Gasteiger partial charge on any atom is 0.255 e. The second kappa shape index (κ2) is 5.57. The minimum atomic E-state index is -1.59. The minimum absolute atomic E-state index is 0.0225. The number of aromatic amines is 1. The van der Waals surface area contributed by atoms with Crippen LogP contribution in [0.4, 0.5) is 4.39 Å². The number of H-pyrrole nitrogens is 1. The molecular weight excluding hydrogens is 307 g/mol. The highest BCUT2D eigenvalue weighted by atomic mass is 35.5. The van der Waals surface area contributed by atoms with E-state index in [0.717, 1.165) is 0 Å². The van der Waals surface area contributed by atoms with Gasteiger partial charge in [-0.3, -0.25) is 9.59 Å². The Hall–Kier alpha value is -2.14. The number of nitrogens with zero attached hydrogens (tertiary/aromatic N) is 1. The molecule has 1 aliphatic heterocycles. The van der Waals surface area contributed by atoms with Crippen LogP contribution in [0.2, 0.25) is 5.02 Å². The van der Waals surface area contributed by atoms with Crippen molar-refractivity contribution in [3.63, 3.8) is 0 Å². The molecule has 3 rings (SSSR count). The van der Waals surface area contributed by atoms with E-state index in [1.165, 1.54) is 23.2 Å². The Morgan fingerprint density at radius 1 is 1.32 bits per heavy atom. The number of alkyl halides is 1. The SMILES string of the molecule is O=C(c1ccc(=O)[nH]c1)N1CC[C@](F)(c2cccc(Cl)c2)C1. The Morgan fingerprint density at radius 2 is 2.14 bits per heavy atom. The number of carbonyl (C=O) groups is 1. The van der Waals surface area contributed by atoms with Crippen LogP contribution < -0.4 is 5.56 Å². The van der Waals surface area contributed by atoms with Gasteiger partial charge in [-0.05, 0) is 23.8 Å². The molecule has 1 atom stereocenters. The maximum absolute atomic E-state index is 15.1. The van der Waals surface area contributed by atoms with Crippen molar-refractivity contribution in [2.24, 2.45) is 0 Å².